The fourth-order valence-corrected chi connectivity index (χ4v) is 3.00. The summed E-state index contributed by atoms with van der Waals surface area (Å²) < 4.78 is 13.0. The van der Waals surface area contributed by atoms with Gasteiger partial charge in [-0.2, -0.15) is 5.10 Å². The van der Waals surface area contributed by atoms with E-state index in [1.54, 1.807) is 19.2 Å². The fourth-order valence-electron chi connectivity index (χ4n) is 3.00. The summed E-state index contributed by atoms with van der Waals surface area (Å²) in [6, 6.07) is 11.8. The number of rotatable bonds is 4. The predicted octanol–water partition coefficient (Wildman–Crippen LogP) is 3.58. The molecule has 1 aliphatic heterocycles. The lowest BCUT2D eigenvalue weighted by Gasteiger charge is -2.26. The van der Waals surface area contributed by atoms with Crippen LogP contribution in [0.15, 0.2) is 47.6 Å². The number of halogens is 1. The molecule has 27 heavy (non-hydrogen) atoms. The van der Waals surface area contributed by atoms with Crippen molar-refractivity contribution in [3.05, 3.63) is 65.0 Å². The Balaban J connectivity index is 1.82. The summed E-state index contributed by atoms with van der Waals surface area (Å²) in [4.78, 5) is 26.7. The zero-order chi connectivity index (χ0) is 19.6. The van der Waals surface area contributed by atoms with Crippen LogP contribution in [0.4, 0.5) is 10.1 Å². The van der Waals surface area contributed by atoms with Gasteiger partial charge in [-0.15, -0.1) is 0 Å². The minimum Gasteiger partial charge on any atom is -0.336 e. The average Bonchev–Trinajstić information content (AvgIpc) is 2.65. The Bertz CT molecular complexity index is 906. The lowest BCUT2D eigenvalue weighted by Crippen LogP contribution is -2.40. The molecule has 0 aromatic heterocycles. The quantitative estimate of drug-likeness (QED) is 0.829. The molecule has 5 nitrogen and oxygen atoms in total. The number of nitrogens with zero attached hydrogens (tertiary/aromatic N) is 3. The Labute approximate surface area is 158 Å². The number of carbonyl (C=O) groups excluding carboxylic acids is 2. The topological polar surface area (TPSA) is 53.0 Å². The van der Waals surface area contributed by atoms with Crippen LogP contribution >= 0.6 is 0 Å². The third-order valence-electron chi connectivity index (χ3n) is 4.55. The van der Waals surface area contributed by atoms with Crippen LogP contribution in [0, 0.1) is 19.7 Å². The molecule has 0 fully saturated rings. The van der Waals surface area contributed by atoms with Crippen LogP contribution in [0.5, 0.6) is 0 Å². The largest absolute Gasteiger partial charge is 0.336 e. The third kappa shape index (κ3) is 4.22. The summed E-state index contributed by atoms with van der Waals surface area (Å²) in [6.45, 7) is 4.20. The molecule has 0 spiro atoms. The van der Waals surface area contributed by atoms with Crippen LogP contribution in [0.3, 0.4) is 0 Å². The molecule has 0 saturated heterocycles. The highest BCUT2D eigenvalue weighted by atomic mass is 19.1. The molecule has 0 saturated carbocycles. The molecule has 6 heteroatoms. The van der Waals surface area contributed by atoms with Crippen molar-refractivity contribution in [3.63, 3.8) is 0 Å². The van der Waals surface area contributed by atoms with Crippen LogP contribution in [0.25, 0.3) is 0 Å². The van der Waals surface area contributed by atoms with E-state index >= 15 is 0 Å². The van der Waals surface area contributed by atoms with Gasteiger partial charge in [0.05, 0.1) is 5.69 Å². The van der Waals surface area contributed by atoms with Gasteiger partial charge in [0.2, 0.25) is 5.91 Å². The second kappa shape index (κ2) is 7.70. The van der Waals surface area contributed by atoms with Gasteiger partial charge in [-0.05, 0) is 48.7 Å². The Kier molecular flexibility index (Phi) is 5.35. The minimum absolute atomic E-state index is 0.124. The van der Waals surface area contributed by atoms with Gasteiger partial charge < -0.3 is 4.90 Å². The normalized spacial score (nSPS) is 14.1. The van der Waals surface area contributed by atoms with Gasteiger partial charge in [0, 0.05) is 26.4 Å². The molecule has 0 radical (unpaired) electrons. The highest BCUT2D eigenvalue weighted by Crippen LogP contribution is 2.25. The van der Waals surface area contributed by atoms with E-state index in [1.165, 1.54) is 22.0 Å². The van der Waals surface area contributed by atoms with Crippen molar-refractivity contribution < 1.29 is 14.0 Å². The molecule has 0 N–H and O–H groups in total. The predicted molar refractivity (Wildman–Crippen MR) is 103 cm³/mol. The van der Waals surface area contributed by atoms with Crippen molar-refractivity contribution in [1.82, 2.24) is 4.90 Å². The van der Waals surface area contributed by atoms with Crippen molar-refractivity contribution in [2.75, 3.05) is 12.1 Å². The van der Waals surface area contributed by atoms with Crippen LogP contribution in [-0.2, 0) is 16.1 Å². The van der Waals surface area contributed by atoms with Gasteiger partial charge in [-0.1, -0.05) is 24.3 Å². The molecule has 0 bridgehead atoms. The van der Waals surface area contributed by atoms with Gasteiger partial charge in [0.25, 0.3) is 5.91 Å². The first-order chi connectivity index (χ1) is 12.8. The molecule has 140 valence electrons. The number of hydrogen-bond acceptors (Lipinski definition) is 3. The highest BCUT2D eigenvalue weighted by molar-refractivity contribution is 6.40. The second-order valence-electron chi connectivity index (χ2n) is 6.83. The standard InChI is InChI=1S/C21H22FN3O2/c1-14-4-5-15(2)19(12-14)25-20(26)11-10-18(23-25)21(27)24(3)13-16-6-8-17(22)9-7-16/h4-9,12H,10-11,13H2,1-3H3. The Hall–Kier alpha value is -3.02. The zero-order valence-electron chi connectivity index (χ0n) is 15.7. The van der Waals surface area contributed by atoms with Crippen LogP contribution in [-0.4, -0.2) is 29.5 Å². The monoisotopic (exact) mass is 367 g/mol. The summed E-state index contributed by atoms with van der Waals surface area (Å²) in [5, 5.41) is 5.70. The van der Waals surface area contributed by atoms with Crippen LogP contribution < -0.4 is 5.01 Å². The minimum atomic E-state index is -0.313. The fraction of sp³-hybridized carbons (Fsp3) is 0.286. The number of anilines is 1. The van der Waals surface area contributed by atoms with E-state index < -0.39 is 0 Å². The first-order valence-electron chi connectivity index (χ1n) is 8.83. The Morgan fingerprint density at radius 2 is 1.85 bits per heavy atom. The first kappa shape index (κ1) is 18.8. The van der Waals surface area contributed by atoms with Crippen molar-refractivity contribution in [2.45, 2.75) is 33.2 Å². The van der Waals surface area contributed by atoms with Crippen molar-refractivity contribution in [2.24, 2.45) is 5.10 Å². The molecular formula is C21H22FN3O2. The van der Waals surface area contributed by atoms with Crippen molar-refractivity contribution in [1.29, 1.82) is 0 Å². The maximum Gasteiger partial charge on any atom is 0.270 e. The number of hydrazone groups is 1. The van der Waals surface area contributed by atoms with Gasteiger partial charge in [-0.3, -0.25) is 9.59 Å². The van der Waals surface area contributed by atoms with Gasteiger partial charge in [0.15, 0.2) is 0 Å². The molecule has 2 aromatic carbocycles. The van der Waals surface area contributed by atoms with Crippen molar-refractivity contribution in [3.8, 4) is 0 Å². The molecule has 2 amide bonds. The number of amides is 2. The van der Waals surface area contributed by atoms with Gasteiger partial charge in [-0.25, -0.2) is 9.40 Å². The molecule has 0 aliphatic carbocycles. The molecule has 0 unspecified atom stereocenters. The second-order valence-corrected chi connectivity index (χ2v) is 6.83. The van der Waals surface area contributed by atoms with Gasteiger partial charge >= 0.3 is 0 Å². The van der Waals surface area contributed by atoms with Crippen LogP contribution in [0.2, 0.25) is 0 Å². The van der Waals surface area contributed by atoms with E-state index in [9.17, 15) is 14.0 Å². The number of aryl methyl sites for hydroxylation is 2. The average molecular weight is 367 g/mol. The number of carbonyl (C=O) groups is 2. The molecule has 1 heterocycles. The molecular weight excluding hydrogens is 345 g/mol. The van der Waals surface area contributed by atoms with E-state index in [4.69, 9.17) is 0 Å². The molecule has 1 aliphatic rings. The first-order valence-corrected chi connectivity index (χ1v) is 8.83. The number of benzene rings is 2. The molecule has 3 rings (SSSR count). The van der Waals surface area contributed by atoms with Gasteiger partial charge in [0.1, 0.15) is 11.5 Å². The van der Waals surface area contributed by atoms with E-state index in [0.29, 0.717) is 24.4 Å². The van der Waals surface area contributed by atoms with Crippen molar-refractivity contribution >= 4 is 23.2 Å². The van der Waals surface area contributed by atoms with E-state index in [0.717, 1.165) is 16.7 Å². The zero-order valence-corrected chi connectivity index (χ0v) is 15.7. The maximum absolute atomic E-state index is 13.0. The SMILES string of the molecule is Cc1ccc(C)c(N2N=C(C(=O)N(C)Cc3ccc(F)cc3)CCC2=O)c1. The Morgan fingerprint density at radius 3 is 2.56 bits per heavy atom. The Morgan fingerprint density at radius 1 is 1.15 bits per heavy atom. The molecule has 2 aromatic rings. The maximum atomic E-state index is 13.0. The molecule has 0 atom stereocenters. The van der Waals surface area contributed by atoms with E-state index in [2.05, 4.69) is 5.10 Å². The summed E-state index contributed by atoms with van der Waals surface area (Å²) in [5.74, 6) is -0.671. The van der Waals surface area contributed by atoms with E-state index in [1.807, 2.05) is 32.0 Å². The lowest BCUT2D eigenvalue weighted by atomic mass is 10.1. The highest BCUT2D eigenvalue weighted by Gasteiger charge is 2.28. The summed E-state index contributed by atoms with van der Waals surface area (Å²) in [5.41, 5.74) is 3.81. The lowest BCUT2D eigenvalue weighted by molar-refractivity contribution is -0.123. The number of hydrogen-bond donors (Lipinski definition) is 0. The summed E-state index contributed by atoms with van der Waals surface area (Å²) >= 11 is 0. The van der Waals surface area contributed by atoms with Crippen LogP contribution in [0.1, 0.15) is 29.5 Å². The third-order valence-corrected chi connectivity index (χ3v) is 4.55. The van der Waals surface area contributed by atoms with E-state index in [-0.39, 0.29) is 24.1 Å². The summed E-state index contributed by atoms with van der Waals surface area (Å²) in [7, 11) is 1.67. The smallest absolute Gasteiger partial charge is 0.270 e. The summed E-state index contributed by atoms with van der Waals surface area (Å²) in [6.07, 6.45) is 0.551.